The van der Waals surface area contributed by atoms with Gasteiger partial charge in [0, 0.05) is 31.9 Å². The van der Waals surface area contributed by atoms with E-state index < -0.39 is 0 Å². The first-order valence-corrected chi connectivity index (χ1v) is 8.53. The Morgan fingerprint density at radius 2 is 1.86 bits per heavy atom. The van der Waals surface area contributed by atoms with Crippen LogP contribution in [0.25, 0.3) is 0 Å². The Balaban J connectivity index is 0.000000173. The van der Waals surface area contributed by atoms with Crippen molar-refractivity contribution in [2.24, 2.45) is 5.92 Å². The summed E-state index contributed by atoms with van der Waals surface area (Å²) in [6.07, 6.45) is 4.19. The fourth-order valence-corrected chi connectivity index (χ4v) is 3.10. The van der Waals surface area contributed by atoms with Crippen molar-refractivity contribution in [3.8, 4) is 0 Å². The molecule has 3 heteroatoms. The first-order chi connectivity index (χ1) is 10.3. The molecular formula is C18H31N3. The number of hydrogen-bond donors (Lipinski definition) is 2. The predicted molar refractivity (Wildman–Crippen MR) is 92.1 cm³/mol. The molecule has 0 aromatic heterocycles. The van der Waals surface area contributed by atoms with Crippen LogP contribution >= 0.6 is 0 Å². The Kier molecular flexibility index (Phi) is 7.04. The standard InChI is InChI=1S/C11H16N2.C7H15N/c1-10-4-2-3-5-11(10)13-8-6-12-7-9-13;1-2-7-4-3-5-8-6-7/h2-5,12H,6-9H2,1H3;7-8H,2-6H2,1H3. The molecule has 2 heterocycles. The van der Waals surface area contributed by atoms with E-state index in [4.69, 9.17) is 0 Å². The number of piperidine rings is 1. The van der Waals surface area contributed by atoms with Crippen molar-refractivity contribution in [1.82, 2.24) is 10.6 Å². The summed E-state index contributed by atoms with van der Waals surface area (Å²) < 4.78 is 0. The fourth-order valence-electron chi connectivity index (χ4n) is 3.10. The van der Waals surface area contributed by atoms with Gasteiger partial charge in [-0.3, -0.25) is 0 Å². The first-order valence-electron chi connectivity index (χ1n) is 8.53. The molecule has 0 amide bonds. The maximum Gasteiger partial charge on any atom is 0.0396 e. The fraction of sp³-hybridized carbons (Fsp3) is 0.667. The summed E-state index contributed by atoms with van der Waals surface area (Å²) in [5.74, 6) is 0.976. The molecule has 21 heavy (non-hydrogen) atoms. The van der Waals surface area contributed by atoms with E-state index >= 15 is 0 Å². The summed E-state index contributed by atoms with van der Waals surface area (Å²) in [6.45, 7) is 11.4. The molecule has 0 aliphatic carbocycles. The monoisotopic (exact) mass is 289 g/mol. The third-order valence-electron chi connectivity index (χ3n) is 4.55. The Morgan fingerprint density at radius 1 is 1.10 bits per heavy atom. The van der Waals surface area contributed by atoms with Gasteiger partial charge in [-0.1, -0.05) is 31.5 Å². The summed E-state index contributed by atoms with van der Waals surface area (Å²) in [4.78, 5) is 2.45. The minimum atomic E-state index is 0.976. The molecule has 1 atom stereocenters. The van der Waals surface area contributed by atoms with E-state index in [9.17, 15) is 0 Å². The van der Waals surface area contributed by atoms with Crippen molar-refractivity contribution in [2.45, 2.75) is 33.1 Å². The Hall–Kier alpha value is -1.06. The first kappa shape index (κ1) is 16.3. The van der Waals surface area contributed by atoms with Gasteiger partial charge in [0.15, 0.2) is 0 Å². The third-order valence-corrected chi connectivity index (χ3v) is 4.55. The van der Waals surface area contributed by atoms with Crippen LogP contribution in [0, 0.1) is 12.8 Å². The number of hydrogen-bond acceptors (Lipinski definition) is 3. The molecule has 3 rings (SSSR count). The lowest BCUT2D eigenvalue weighted by atomic mass is 9.97. The number of nitrogens with zero attached hydrogens (tertiary/aromatic N) is 1. The Bertz CT molecular complexity index is 393. The van der Waals surface area contributed by atoms with Crippen molar-refractivity contribution >= 4 is 5.69 Å². The lowest BCUT2D eigenvalue weighted by Gasteiger charge is -2.30. The van der Waals surface area contributed by atoms with E-state index in [1.807, 2.05) is 0 Å². The van der Waals surface area contributed by atoms with Gasteiger partial charge in [-0.25, -0.2) is 0 Å². The van der Waals surface area contributed by atoms with Crippen LogP contribution in [0.15, 0.2) is 24.3 Å². The van der Waals surface area contributed by atoms with Crippen molar-refractivity contribution < 1.29 is 0 Å². The topological polar surface area (TPSA) is 27.3 Å². The van der Waals surface area contributed by atoms with Gasteiger partial charge >= 0.3 is 0 Å². The molecular weight excluding hydrogens is 258 g/mol. The molecule has 118 valence electrons. The summed E-state index contributed by atoms with van der Waals surface area (Å²) in [6, 6.07) is 8.60. The van der Waals surface area contributed by atoms with Gasteiger partial charge in [-0.05, 0) is 50.4 Å². The van der Waals surface area contributed by atoms with Crippen LogP contribution in [-0.4, -0.2) is 39.3 Å². The van der Waals surface area contributed by atoms with Crippen molar-refractivity contribution in [3.63, 3.8) is 0 Å². The summed E-state index contributed by atoms with van der Waals surface area (Å²) in [5, 5.41) is 6.75. The smallest absolute Gasteiger partial charge is 0.0396 e. The number of benzene rings is 1. The van der Waals surface area contributed by atoms with Crippen molar-refractivity contribution in [2.75, 3.05) is 44.2 Å². The summed E-state index contributed by atoms with van der Waals surface area (Å²) in [5.41, 5.74) is 2.77. The highest BCUT2D eigenvalue weighted by atomic mass is 15.2. The SMILES string of the molecule is CCC1CCCNC1.Cc1ccccc1N1CCNCC1. The van der Waals surface area contributed by atoms with Gasteiger partial charge in [0.2, 0.25) is 0 Å². The van der Waals surface area contributed by atoms with E-state index in [-0.39, 0.29) is 0 Å². The van der Waals surface area contributed by atoms with Crippen molar-refractivity contribution in [3.05, 3.63) is 29.8 Å². The third kappa shape index (κ3) is 5.33. The average Bonchev–Trinajstić information content (AvgIpc) is 2.57. The molecule has 2 aliphatic heterocycles. The van der Waals surface area contributed by atoms with E-state index in [0.717, 1.165) is 32.1 Å². The quantitative estimate of drug-likeness (QED) is 0.876. The lowest BCUT2D eigenvalue weighted by Crippen LogP contribution is -2.43. The highest BCUT2D eigenvalue weighted by Gasteiger charge is 2.11. The van der Waals surface area contributed by atoms with Gasteiger partial charge < -0.3 is 15.5 Å². The second kappa shape index (κ2) is 9.06. The average molecular weight is 289 g/mol. The molecule has 1 aromatic carbocycles. The summed E-state index contributed by atoms with van der Waals surface area (Å²) >= 11 is 0. The number of nitrogens with one attached hydrogen (secondary N) is 2. The van der Waals surface area contributed by atoms with E-state index in [1.54, 1.807) is 0 Å². The minimum absolute atomic E-state index is 0.976. The number of para-hydroxylation sites is 1. The largest absolute Gasteiger partial charge is 0.369 e. The van der Waals surface area contributed by atoms with Crippen LogP contribution in [0.5, 0.6) is 0 Å². The number of aryl methyl sites for hydroxylation is 1. The molecule has 0 saturated carbocycles. The number of rotatable bonds is 2. The zero-order chi connectivity index (χ0) is 14.9. The van der Waals surface area contributed by atoms with Gasteiger partial charge in [0.05, 0.1) is 0 Å². The molecule has 2 N–H and O–H groups in total. The normalized spacial score (nSPS) is 22.4. The Labute approximate surface area is 130 Å². The van der Waals surface area contributed by atoms with Gasteiger partial charge in [0.1, 0.15) is 0 Å². The number of piperazine rings is 1. The van der Waals surface area contributed by atoms with Crippen LogP contribution in [0.3, 0.4) is 0 Å². The predicted octanol–water partition coefficient (Wildman–Crippen LogP) is 2.80. The molecule has 2 aliphatic rings. The Morgan fingerprint density at radius 3 is 2.43 bits per heavy atom. The zero-order valence-corrected chi connectivity index (χ0v) is 13.7. The molecule has 0 bridgehead atoms. The van der Waals surface area contributed by atoms with E-state index in [0.29, 0.717) is 0 Å². The van der Waals surface area contributed by atoms with Crippen LogP contribution < -0.4 is 15.5 Å². The minimum Gasteiger partial charge on any atom is -0.369 e. The van der Waals surface area contributed by atoms with Gasteiger partial charge in [-0.15, -0.1) is 0 Å². The maximum atomic E-state index is 3.39. The molecule has 2 saturated heterocycles. The van der Waals surface area contributed by atoms with Gasteiger partial charge in [-0.2, -0.15) is 0 Å². The number of anilines is 1. The molecule has 0 radical (unpaired) electrons. The van der Waals surface area contributed by atoms with Crippen LogP contribution in [0.4, 0.5) is 5.69 Å². The lowest BCUT2D eigenvalue weighted by molar-refractivity contribution is 0.369. The maximum absolute atomic E-state index is 3.39. The molecule has 1 aromatic rings. The van der Waals surface area contributed by atoms with Crippen molar-refractivity contribution in [1.29, 1.82) is 0 Å². The van der Waals surface area contributed by atoms with Gasteiger partial charge in [0.25, 0.3) is 0 Å². The summed E-state index contributed by atoms with van der Waals surface area (Å²) in [7, 11) is 0. The second-order valence-electron chi connectivity index (χ2n) is 6.14. The molecule has 3 nitrogen and oxygen atoms in total. The molecule has 1 unspecified atom stereocenters. The zero-order valence-electron chi connectivity index (χ0n) is 13.7. The van der Waals surface area contributed by atoms with Crippen LogP contribution in [-0.2, 0) is 0 Å². The van der Waals surface area contributed by atoms with Crippen LogP contribution in [0.1, 0.15) is 31.7 Å². The van der Waals surface area contributed by atoms with E-state index in [1.165, 1.54) is 43.6 Å². The van der Waals surface area contributed by atoms with E-state index in [2.05, 4.69) is 53.6 Å². The van der Waals surface area contributed by atoms with Crippen LogP contribution in [0.2, 0.25) is 0 Å². The highest BCUT2D eigenvalue weighted by molar-refractivity contribution is 5.53. The highest BCUT2D eigenvalue weighted by Crippen LogP contribution is 2.19. The molecule has 2 fully saturated rings. The second-order valence-corrected chi connectivity index (χ2v) is 6.14. The molecule has 0 spiro atoms.